The molecule has 3 aromatic carbocycles. The Kier molecular flexibility index (Phi) is 9.22. The lowest BCUT2D eigenvalue weighted by Gasteiger charge is -2.20. The maximum absolute atomic E-state index is 14.8. The molecule has 1 aromatic heterocycles. The van der Waals surface area contributed by atoms with Crippen LogP contribution in [0.15, 0.2) is 67.0 Å². The molecular formula is C33H29ClFN3O5. The van der Waals surface area contributed by atoms with Gasteiger partial charge in [0, 0.05) is 41.7 Å². The van der Waals surface area contributed by atoms with Crippen LogP contribution in [-0.4, -0.2) is 33.8 Å². The lowest BCUT2D eigenvalue weighted by Crippen LogP contribution is -2.39. The summed E-state index contributed by atoms with van der Waals surface area (Å²) in [4.78, 5) is 15.5. The van der Waals surface area contributed by atoms with E-state index in [4.69, 9.17) is 21.1 Å². The molecule has 0 aliphatic heterocycles. The van der Waals surface area contributed by atoms with Crippen LogP contribution in [0.1, 0.15) is 45.9 Å². The van der Waals surface area contributed by atoms with E-state index in [1.165, 1.54) is 12.3 Å². The Bertz CT molecular complexity index is 1710. The van der Waals surface area contributed by atoms with Gasteiger partial charge in [-0.15, -0.1) is 0 Å². The van der Waals surface area contributed by atoms with Gasteiger partial charge in [-0.3, -0.25) is 15.1 Å². The molecule has 10 heteroatoms. The van der Waals surface area contributed by atoms with Crippen molar-refractivity contribution in [2.75, 3.05) is 6.61 Å². The Balaban J connectivity index is 1.44. The summed E-state index contributed by atoms with van der Waals surface area (Å²) in [6, 6.07) is 16.7. The molecule has 220 valence electrons. The number of aromatic nitrogens is 1. The third-order valence-electron chi connectivity index (χ3n) is 7.35. The highest BCUT2D eigenvalue weighted by atomic mass is 35.5. The van der Waals surface area contributed by atoms with Crippen molar-refractivity contribution < 1.29 is 28.9 Å². The van der Waals surface area contributed by atoms with Gasteiger partial charge < -0.3 is 19.7 Å². The fourth-order valence-electron chi connectivity index (χ4n) is 5.18. The second kappa shape index (κ2) is 13.2. The summed E-state index contributed by atoms with van der Waals surface area (Å²) < 4.78 is 27.3. The lowest BCUT2D eigenvalue weighted by molar-refractivity contribution is -0.140. The Labute approximate surface area is 253 Å². The average Bonchev–Trinajstić information content (AvgIpc) is 3.42. The van der Waals surface area contributed by atoms with E-state index >= 15 is 0 Å². The number of carboxylic acid groups (broad SMARTS) is 1. The number of fused-ring (bicyclic) bond motifs is 1. The SMILES string of the molecule is Cc1ccc(F)c(-c2cccc3c2CC[C@@H]3Oc2cc(OCc3cncc(C#N)c3)c(CNC(CO)C(=O)O)cc2Cl)c1. The van der Waals surface area contributed by atoms with E-state index < -0.39 is 18.6 Å². The number of hydrogen-bond acceptors (Lipinski definition) is 7. The molecule has 1 unspecified atom stereocenters. The topological polar surface area (TPSA) is 125 Å². The van der Waals surface area contributed by atoms with Crippen molar-refractivity contribution in [2.24, 2.45) is 0 Å². The first kappa shape index (κ1) is 30.0. The summed E-state index contributed by atoms with van der Waals surface area (Å²) in [5.74, 6) is -0.726. The molecule has 43 heavy (non-hydrogen) atoms. The number of halogens is 2. The fourth-order valence-corrected chi connectivity index (χ4v) is 5.41. The van der Waals surface area contributed by atoms with Gasteiger partial charge in [0.05, 0.1) is 17.2 Å². The molecule has 0 fully saturated rings. The third-order valence-corrected chi connectivity index (χ3v) is 7.65. The number of benzene rings is 3. The van der Waals surface area contributed by atoms with Crippen LogP contribution in [0.3, 0.4) is 0 Å². The zero-order valence-electron chi connectivity index (χ0n) is 23.3. The summed E-state index contributed by atoms with van der Waals surface area (Å²) in [6.07, 6.45) is 4.07. The minimum atomic E-state index is -1.19. The molecule has 5 rings (SSSR count). The molecule has 0 spiro atoms. The van der Waals surface area contributed by atoms with Crippen LogP contribution >= 0.6 is 11.6 Å². The quantitative estimate of drug-likeness (QED) is 0.194. The van der Waals surface area contributed by atoms with E-state index in [1.54, 1.807) is 30.5 Å². The molecule has 3 N–H and O–H groups in total. The van der Waals surface area contributed by atoms with Crippen LogP contribution < -0.4 is 14.8 Å². The van der Waals surface area contributed by atoms with Crippen LogP contribution in [0.4, 0.5) is 4.39 Å². The Morgan fingerprint density at radius 2 is 2.02 bits per heavy atom. The maximum Gasteiger partial charge on any atom is 0.323 e. The average molecular weight is 602 g/mol. The molecule has 0 bridgehead atoms. The van der Waals surface area contributed by atoms with Crippen molar-refractivity contribution in [1.29, 1.82) is 5.26 Å². The minimum absolute atomic E-state index is 0.0427. The van der Waals surface area contributed by atoms with Crippen LogP contribution in [0, 0.1) is 24.1 Å². The van der Waals surface area contributed by atoms with Gasteiger partial charge in [0.2, 0.25) is 0 Å². The zero-order chi connectivity index (χ0) is 30.5. The second-order valence-corrected chi connectivity index (χ2v) is 10.7. The van der Waals surface area contributed by atoms with Gasteiger partial charge in [0.25, 0.3) is 0 Å². The first-order chi connectivity index (χ1) is 20.8. The summed E-state index contributed by atoms with van der Waals surface area (Å²) in [7, 11) is 0. The number of nitriles is 1. The Morgan fingerprint density at radius 3 is 2.79 bits per heavy atom. The lowest BCUT2D eigenvalue weighted by atomic mass is 9.95. The molecule has 4 aromatic rings. The Morgan fingerprint density at radius 1 is 1.19 bits per heavy atom. The van der Waals surface area contributed by atoms with Crippen molar-refractivity contribution in [1.82, 2.24) is 10.3 Å². The predicted molar refractivity (Wildman–Crippen MR) is 158 cm³/mol. The summed E-state index contributed by atoms with van der Waals surface area (Å²) in [5, 5.41) is 31.0. The predicted octanol–water partition coefficient (Wildman–Crippen LogP) is 5.90. The molecule has 0 amide bonds. The van der Waals surface area contributed by atoms with Crippen LogP contribution in [0.5, 0.6) is 11.5 Å². The number of aliphatic hydroxyl groups excluding tert-OH is 1. The van der Waals surface area contributed by atoms with E-state index in [1.807, 2.05) is 37.3 Å². The number of pyridine rings is 1. The summed E-state index contributed by atoms with van der Waals surface area (Å²) in [6.45, 7) is 1.46. The minimum Gasteiger partial charge on any atom is -0.488 e. The largest absolute Gasteiger partial charge is 0.488 e. The van der Waals surface area contributed by atoms with Gasteiger partial charge in [0.15, 0.2) is 0 Å². The third kappa shape index (κ3) is 6.78. The van der Waals surface area contributed by atoms with Crippen molar-refractivity contribution in [3.05, 3.63) is 111 Å². The van der Waals surface area contributed by atoms with E-state index in [0.29, 0.717) is 51.6 Å². The molecule has 8 nitrogen and oxygen atoms in total. The molecule has 1 aliphatic rings. The number of aliphatic carboxylic acids is 1. The van der Waals surface area contributed by atoms with E-state index in [9.17, 15) is 24.7 Å². The van der Waals surface area contributed by atoms with Gasteiger partial charge in [-0.2, -0.15) is 5.26 Å². The monoisotopic (exact) mass is 601 g/mol. The molecule has 0 radical (unpaired) electrons. The first-order valence-electron chi connectivity index (χ1n) is 13.7. The van der Waals surface area contributed by atoms with Crippen molar-refractivity contribution in [2.45, 2.75) is 45.1 Å². The number of carboxylic acids is 1. The number of ether oxygens (including phenoxy) is 2. The smallest absolute Gasteiger partial charge is 0.323 e. The van der Waals surface area contributed by atoms with Crippen LogP contribution in [0.25, 0.3) is 11.1 Å². The van der Waals surface area contributed by atoms with E-state index in [2.05, 4.69) is 10.3 Å². The van der Waals surface area contributed by atoms with E-state index in [0.717, 1.165) is 22.3 Å². The maximum atomic E-state index is 14.8. The fraction of sp³-hybridized carbons (Fsp3) is 0.242. The molecule has 1 heterocycles. The van der Waals surface area contributed by atoms with Crippen LogP contribution in [0.2, 0.25) is 5.02 Å². The van der Waals surface area contributed by atoms with Gasteiger partial charge in [0.1, 0.15) is 42.1 Å². The normalized spacial score (nSPS) is 14.5. The first-order valence-corrected chi connectivity index (χ1v) is 14.1. The molecule has 2 atom stereocenters. The van der Waals surface area contributed by atoms with Gasteiger partial charge in [-0.1, -0.05) is 41.4 Å². The molecule has 0 saturated heterocycles. The Hall–Kier alpha value is -4.49. The number of carbonyl (C=O) groups is 1. The van der Waals surface area contributed by atoms with Crippen molar-refractivity contribution in [3.8, 4) is 28.7 Å². The second-order valence-electron chi connectivity index (χ2n) is 10.3. The molecule has 1 aliphatic carbocycles. The summed E-state index contributed by atoms with van der Waals surface area (Å²) in [5.41, 5.74) is 5.94. The molecule has 0 saturated carbocycles. The van der Waals surface area contributed by atoms with Crippen molar-refractivity contribution >= 4 is 17.6 Å². The number of rotatable bonds is 11. The number of nitrogens with one attached hydrogen (secondary N) is 1. The number of aliphatic hydroxyl groups is 1. The molecular weight excluding hydrogens is 573 g/mol. The summed E-state index contributed by atoms with van der Waals surface area (Å²) >= 11 is 6.67. The standard InChI is InChI=1S/C33H29ClFN3O5/c1-19-5-7-28(35)26(9-19)23-3-2-4-25-24(23)6-8-30(25)43-32-12-31(42-18-21-10-20(13-36)14-37-15-21)22(11-27(32)34)16-38-29(17-39)33(40)41/h2-5,7,9-12,14-15,29-30,38-39H,6,8,16-18H2,1H3,(H,40,41)/t29?,30-/m0/s1. The number of hydrogen-bond donors (Lipinski definition) is 3. The highest BCUT2D eigenvalue weighted by Gasteiger charge is 2.28. The highest BCUT2D eigenvalue weighted by Crippen LogP contribution is 2.43. The zero-order valence-corrected chi connectivity index (χ0v) is 24.1. The number of aryl methyl sites for hydroxylation is 1. The van der Waals surface area contributed by atoms with Gasteiger partial charge >= 0.3 is 5.97 Å². The van der Waals surface area contributed by atoms with Crippen molar-refractivity contribution in [3.63, 3.8) is 0 Å². The van der Waals surface area contributed by atoms with Gasteiger partial charge in [-0.25, -0.2) is 4.39 Å². The highest BCUT2D eigenvalue weighted by molar-refractivity contribution is 6.32. The van der Waals surface area contributed by atoms with E-state index in [-0.39, 0.29) is 25.1 Å². The van der Waals surface area contributed by atoms with Crippen LogP contribution in [-0.2, 0) is 24.4 Å². The van der Waals surface area contributed by atoms with Gasteiger partial charge in [-0.05, 0) is 60.7 Å². The number of nitrogens with zero attached hydrogens (tertiary/aromatic N) is 2.